The topological polar surface area (TPSA) is 46.3 Å². The number of nitrogens with two attached hydrogens (primary N) is 1. The molecule has 0 aliphatic heterocycles. The Balaban J connectivity index is 2.00. The zero-order valence-corrected chi connectivity index (χ0v) is 11.9. The predicted octanol–water partition coefficient (Wildman–Crippen LogP) is 2.65. The van der Waals surface area contributed by atoms with Crippen LogP contribution in [0.5, 0.6) is 0 Å². The molecule has 1 aromatic heterocycles. The van der Waals surface area contributed by atoms with Gasteiger partial charge in [-0.3, -0.25) is 4.79 Å². The third-order valence-corrected chi connectivity index (χ3v) is 4.32. The molecule has 3 nitrogen and oxygen atoms in total. The zero-order valence-electron chi connectivity index (χ0n) is 10.3. The van der Waals surface area contributed by atoms with Crippen molar-refractivity contribution in [2.75, 3.05) is 6.54 Å². The second-order valence-corrected chi connectivity index (χ2v) is 6.25. The summed E-state index contributed by atoms with van der Waals surface area (Å²) < 4.78 is 0.760. The molecular formula is C13H17ClN2OS. The number of hydrogen-bond donors (Lipinski definition) is 1. The molecule has 0 fully saturated rings. The quantitative estimate of drug-likeness (QED) is 0.864. The van der Waals surface area contributed by atoms with Crippen molar-refractivity contribution >= 4 is 28.8 Å². The number of amides is 1. The van der Waals surface area contributed by atoms with Crippen molar-refractivity contribution in [3.05, 3.63) is 33.5 Å². The first-order valence-corrected chi connectivity index (χ1v) is 7.26. The molecule has 2 rings (SSSR count). The number of hydrogen-bond acceptors (Lipinski definition) is 3. The average molecular weight is 285 g/mol. The summed E-state index contributed by atoms with van der Waals surface area (Å²) >= 11 is 7.42. The maximum Gasteiger partial charge on any atom is 0.229 e. The summed E-state index contributed by atoms with van der Waals surface area (Å²) in [4.78, 5) is 15.3. The van der Waals surface area contributed by atoms with E-state index in [0.717, 1.165) is 15.6 Å². The van der Waals surface area contributed by atoms with Gasteiger partial charge in [-0.25, -0.2) is 0 Å². The molecule has 2 N–H and O–H groups in total. The fourth-order valence-electron chi connectivity index (χ4n) is 2.12. The minimum atomic E-state index is -0.0598. The molecule has 1 aromatic rings. The molecule has 2 unspecified atom stereocenters. The molecule has 1 amide bonds. The van der Waals surface area contributed by atoms with Crippen LogP contribution in [0, 0.1) is 5.92 Å². The van der Waals surface area contributed by atoms with E-state index in [2.05, 4.69) is 0 Å². The van der Waals surface area contributed by atoms with Crippen LogP contribution >= 0.6 is 22.9 Å². The number of rotatable bonds is 4. The Morgan fingerprint density at radius 2 is 2.33 bits per heavy atom. The maximum absolute atomic E-state index is 12.3. The van der Waals surface area contributed by atoms with Gasteiger partial charge in [0.1, 0.15) is 0 Å². The summed E-state index contributed by atoms with van der Waals surface area (Å²) in [6.07, 6.45) is 4.57. The lowest BCUT2D eigenvalue weighted by molar-refractivity contribution is -0.134. The van der Waals surface area contributed by atoms with Crippen molar-refractivity contribution < 1.29 is 4.79 Å². The van der Waals surface area contributed by atoms with Gasteiger partial charge in [0.2, 0.25) is 5.91 Å². The highest BCUT2D eigenvalue weighted by Gasteiger charge is 2.26. The van der Waals surface area contributed by atoms with Crippen LogP contribution in [0.4, 0.5) is 0 Å². The van der Waals surface area contributed by atoms with Crippen molar-refractivity contribution in [2.24, 2.45) is 11.7 Å². The Morgan fingerprint density at radius 3 is 2.83 bits per heavy atom. The Hall–Kier alpha value is -0.840. The molecule has 1 aliphatic carbocycles. The normalized spacial score (nSPS) is 22.4. The van der Waals surface area contributed by atoms with Gasteiger partial charge in [0.25, 0.3) is 0 Å². The van der Waals surface area contributed by atoms with E-state index in [9.17, 15) is 4.79 Å². The third kappa shape index (κ3) is 3.13. The zero-order chi connectivity index (χ0) is 13.1. The molecule has 1 heterocycles. The molecule has 0 saturated carbocycles. The number of carbonyl (C=O) groups is 1. The van der Waals surface area contributed by atoms with E-state index < -0.39 is 0 Å². The van der Waals surface area contributed by atoms with Gasteiger partial charge in [0, 0.05) is 17.5 Å². The van der Waals surface area contributed by atoms with E-state index in [1.165, 1.54) is 11.3 Å². The first-order chi connectivity index (χ1) is 8.60. The molecule has 0 radical (unpaired) electrons. The van der Waals surface area contributed by atoms with E-state index in [1.54, 1.807) is 0 Å². The molecule has 18 heavy (non-hydrogen) atoms. The van der Waals surface area contributed by atoms with Gasteiger partial charge in [0.15, 0.2) is 0 Å². The van der Waals surface area contributed by atoms with Gasteiger partial charge in [-0.2, -0.15) is 0 Å². The van der Waals surface area contributed by atoms with Gasteiger partial charge < -0.3 is 10.6 Å². The summed E-state index contributed by atoms with van der Waals surface area (Å²) in [5.41, 5.74) is 5.79. The second kappa shape index (κ2) is 5.87. The molecule has 1 aliphatic rings. The van der Waals surface area contributed by atoms with Crippen LogP contribution in [0.2, 0.25) is 4.34 Å². The molecule has 0 bridgehead atoms. The summed E-state index contributed by atoms with van der Waals surface area (Å²) in [5, 5.41) is 0. The second-order valence-electron chi connectivity index (χ2n) is 4.45. The summed E-state index contributed by atoms with van der Waals surface area (Å²) in [6.45, 7) is 3.33. The third-order valence-electron chi connectivity index (χ3n) is 3.10. The minimum absolute atomic E-state index is 0.0221. The van der Waals surface area contributed by atoms with Gasteiger partial charge in [-0.1, -0.05) is 23.8 Å². The average Bonchev–Trinajstić information content (AvgIpc) is 2.94. The highest BCUT2D eigenvalue weighted by Crippen LogP contribution is 2.25. The monoisotopic (exact) mass is 284 g/mol. The highest BCUT2D eigenvalue weighted by atomic mass is 35.5. The van der Waals surface area contributed by atoms with E-state index >= 15 is 0 Å². The molecule has 2 atom stereocenters. The van der Waals surface area contributed by atoms with Crippen molar-refractivity contribution in [3.8, 4) is 0 Å². The smallest absolute Gasteiger partial charge is 0.229 e. The number of carbonyl (C=O) groups excluding carboxylic acids is 1. The Kier molecular flexibility index (Phi) is 4.43. The number of thiophene rings is 1. The van der Waals surface area contributed by atoms with Gasteiger partial charge in [0.05, 0.1) is 16.8 Å². The fourth-order valence-corrected chi connectivity index (χ4v) is 3.22. The van der Waals surface area contributed by atoms with E-state index in [1.807, 2.05) is 36.1 Å². The first-order valence-electron chi connectivity index (χ1n) is 6.07. The van der Waals surface area contributed by atoms with Gasteiger partial charge in [-0.15, -0.1) is 11.3 Å². The van der Waals surface area contributed by atoms with Crippen LogP contribution < -0.4 is 5.73 Å². The first kappa shape index (κ1) is 13.6. The molecular weight excluding hydrogens is 268 g/mol. The molecule has 98 valence electrons. The van der Waals surface area contributed by atoms with Crippen LogP contribution in [0.25, 0.3) is 0 Å². The van der Waals surface area contributed by atoms with Crippen LogP contribution in [-0.2, 0) is 11.3 Å². The van der Waals surface area contributed by atoms with E-state index in [4.69, 9.17) is 17.3 Å². The van der Waals surface area contributed by atoms with E-state index in [0.29, 0.717) is 13.1 Å². The summed E-state index contributed by atoms with van der Waals surface area (Å²) in [6, 6.07) is 3.86. The lowest BCUT2D eigenvalue weighted by atomic mass is 10.1. The maximum atomic E-state index is 12.3. The Labute approximate surface area is 116 Å². The Bertz CT molecular complexity index is 458. The molecule has 5 heteroatoms. The largest absolute Gasteiger partial charge is 0.337 e. The standard InChI is InChI=1S/C13H17ClN2OS/c1-2-16(8-11-5-6-12(14)18-11)13(17)9-3-4-10(15)7-9/h3-6,9-10H,2,7-8,15H2,1H3. The van der Waals surface area contributed by atoms with Crippen molar-refractivity contribution in [3.63, 3.8) is 0 Å². The van der Waals surface area contributed by atoms with Crippen molar-refractivity contribution in [2.45, 2.75) is 25.9 Å². The molecule has 0 aromatic carbocycles. The SMILES string of the molecule is CCN(Cc1ccc(Cl)s1)C(=O)C1C=CC(N)C1. The summed E-state index contributed by atoms with van der Waals surface area (Å²) in [7, 11) is 0. The van der Waals surface area contributed by atoms with Crippen molar-refractivity contribution in [1.82, 2.24) is 4.90 Å². The fraction of sp³-hybridized carbons (Fsp3) is 0.462. The minimum Gasteiger partial charge on any atom is -0.337 e. The number of halogens is 1. The van der Waals surface area contributed by atoms with Crippen LogP contribution in [0.1, 0.15) is 18.2 Å². The van der Waals surface area contributed by atoms with Gasteiger partial charge >= 0.3 is 0 Å². The lowest BCUT2D eigenvalue weighted by Gasteiger charge is -2.23. The van der Waals surface area contributed by atoms with Crippen LogP contribution in [-0.4, -0.2) is 23.4 Å². The lowest BCUT2D eigenvalue weighted by Crippen LogP contribution is -2.35. The van der Waals surface area contributed by atoms with Crippen LogP contribution in [0.15, 0.2) is 24.3 Å². The summed E-state index contributed by atoms with van der Waals surface area (Å²) in [5.74, 6) is 0.0987. The predicted molar refractivity (Wildman–Crippen MR) is 75.6 cm³/mol. The van der Waals surface area contributed by atoms with Crippen LogP contribution in [0.3, 0.4) is 0 Å². The van der Waals surface area contributed by atoms with Crippen molar-refractivity contribution in [1.29, 1.82) is 0 Å². The molecule has 0 saturated heterocycles. The van der Waals surface area contributed by atoms with Gasteiger partial charge in [-0.05, 0) is 25.5 Å². The molecule has 0 spiro atoms. The Morgan fingerprint density at radius 1 is 1.56 bits per heavy atom. The number of nitrogens with zero attached hydrogens (tertiary/aromatic N) is 1. The highest BCUT2D eigenvalue weighted by molar-refractivity contribution is 7.16. The van der Waals surface area contributed by atoms with E-state index in [-0.39, 0.29) is 17.9 Å².